The van der Waals surface area contributed by atoms with Crippen LogP contribution in [0.25, 0.3) is 11.3 Å². The lowest BCUT2D eigenvalue weighted by Crippen LogP contribution is -2.21. The first-order chi connectivity index (χ1) is 13.4. The van der Waals surface area contributed by atoms with E-state index in [-0.39, 0.29) is 5.69 Å². The molecule has 0 atom stereocenters. The van der Waals surface area contributed by atoms with Crippen LogP contribution in [0.15, 0.2) is 54.7 Å². The second-order valence-corrected chi connectivity index (χ2v) is 6.51. The van der Waals surface area contributed by atoms with Crippen molar-refractivity contribution in [3.63, 3.8) is 0 Å². The number of nitrogens with zero attached hydrogens (tertiary/aromatic N) is 2. The van der Waals surface area contributed by atoms with Crippen molar-refractivity contribution in [3.05, 3.63) is 66.1 Å². The van der Waals surface area contributed by atoms with Crippen molar-refractivity contribution in [1.82, 2.24) is 9.55 Å². The number of halogens is 3. The summed E-state index contributed by atoms with van der Waals surface area (Å²) in [5, 5.41) is 4.81. The SMILES string of the molecule is O=C(Nc1ccc(-c2cnc3n2CCC3)cc1)Nc1ccccc1C(F)(F)F. The third-order valence-electron chi connectivity index (χ3n) is 4.64. The molecule has 2 heterocycles. The Balaban J connectivity index is 1.46. The van der Waals surface area contributed by atoms with Gasteiger partial charge in [-0.1, -0.05) is 24.3 Å². The predicted octanol–water partition coefficient (Wildman–Crippen LogP) is 5.16. The number of carbonyl (C=O) groups excluding carboxylic acids is 1. The number of amides is 2. The number of urea groups is 1. The molecule has 4 rings (SSSR count). The van der Waals surface area contributed by atoms with Crippen LogP contribution in [0, 0.1) is 0 Å². The molecule has 0 aliphatic carbocycles. The third kappa shape index (κ3) is 3.58. The highest BCUT2D eigenvalue weighted by molar-refractivity contribution is 6.00. The second kappa shape index (κ2) is 7.03. The van der Waals surface area contributed by atoms with Crippen molar-refractivity contribution < 1.29 is 18.0 Å². The van der Waals surface area contributed by atoms with E-state index >= 15 is 0 Å². The molecule has 144 valence electrons. The molecule has 0 saturated carbocycles. The first kappa shape index (κ1) is 18.1. The van der Waals surface area contributed by atoms with Crippen LogP contribution in [0.1, 0.15) is 17.8 Å². The lowest BCUT2D eigenvalue weighted by molar-refractivity contribution is -0.136. The number of alkyl halides is 3. The van der Waals surface area contributed by atoms with Crippen molar-refractivity contribution >= 4 is 17.4 Å². The Bertz CT molecular complexity index is 1010. The molecular weight excluding hydrogens is 369 g/mol. The minimum atomic E-state index is -4.54. The summed E-state index contributed by atoms with van der Waals surface area (Å²) in [5.74, 6) is 1.07. The first-order valence-corrected chi connectivity index (χ1v) is 8.81. The molecule has 28 heavy (non-hydrogen) atoms. The molecule has 2 N–H and O–H groups in total. The first-order valence-electron chi connectivity index (χ1n) is 8.81. The molecule has 0 radical (unpaired) electrons. The van der Waals surface area contributed by atoms with E-state index in [1.54, 1.807) is 12.1 Å². The number of hydrogen-bond acceptors (Lipinski definition) is 2. The molecule has 0 spiro atoms. The van der Waals surface area contributed by atoms with E-state index in [0.717, 1.165) is 42.5 Å². The minimum absolute atomic E-state index is 0.293. The lowest BCUT2D eigenvalue weighted by Gasteiger charge is -2.14. The smallest absolute Gasteiger partial charge is 0.328 e. The molecule has 0 saturated heterocycles. The van der Waals surface area contributed by atoms with Gasteiger partial charge in [-0.3, -0.25) is 0 Å². The van der Waals surface area contributed by atoms with Crippen molar-refractivity contribution in [3.8, 4) is 11.3 Å². The number of para-hydroxylation sites is 1. The number of hydrogen-bond donors (Lipinski definition) is 2. The number of fused-ring (bicyclic) bond motifs is 1. The molecule has 8 heteroatoms. The number of nitrogens with one attached hydrogen (secondary N) is 2. The minimum Gasteiger partial charge on any atom is -0.328 e. The van der Waals surface area contributed by atoms with Gasteiger partial charge >= 0.3 is 12.2 Å². The molecule has 1 aliphatic rings. The summed E-state index contributed by atoms with van der Waals surface area (Å²) in [6.45, 7) is 0.936. The van der Waals surface area contributed by atoms with Crippen LogP contribution in [-0.4, -0.2) is 15.6 Å². The fourth-order valence-corrected chi connectivity index (χ4v) is 3.34. The Morgan fingerprint density at radius 1 is 1.04 bits per heavy atom. The van der Waals surface area contributed by atoms with E-state index in [2.05, 4.69) is 20.2 Å². The molecule has 0 bridgehead atoms. The molecule has 2 amide bonds. The van der Waals surface area contributed by atoms with Gasteiger partial charge in [-0.05, 0) is 36.2 Å². The van der Waals surface area contributed by atoms with Gasteiger partial charge < -0.3 is 15.2 Å². The third-order valence-corrected chi connectivity index (χ3v) is 4.64. The molecule has 0 unspecified atom stereocenters. The van der Waals surface area contributed by atoms with Crippen molar-refractivity contribution in [2.24, 2.45) is 0 Å². The molecule has 3 aromatic rings. The van der Waals surface area contributed by atoms with E-state index in [1.165, 1.54) is 18.2 Å². The Hall–Kier alpha value is -3.29. The normalized spacial score (nSPS) is 13.2. The zero-order valence-corrected chi connectivity index (χ0v) is 14.8. The lowest BCUT2D eigenvalue weighted by atomic mass is 10.1. The maximum absolute atomic E-state index is 13.0. The molecule has 0 fully saturated rings. The Kier molecular flexibility index (Phi) is 4.54. The summed E-state index contributed by atoms with van der Waals surface area (Å²) < 4.78 is 41.2. The fraction of sp³-hybridized carbons (Fsp3) is 0.200. The van der Waals surface area contributed by atoms with Crippen molar-refractivity contribution in [1.29, 1.82) is 0 Å². The van der Waals surface area contributed by atoms with E-state index in [1.807, 2.05) is 18.3 Å². The molecule has 1 aromatic heterocycles. The van der Waals surface area contributed by atoms with E-state index in [0.29, 0.717) is 5.69 Å². The number of rotatable bonds is 3. The summed E-state index contributed by atoms with van der Waals surface area (Å²) in [7, 11) is 0. The van der Waals surface area contributed by atoms with Crippen LogP contribution in [0.5, 0.6) is 0 Å². The standard InChI is InChI=1S/C20H17F3N4O/c21-20(22,23)15-4-1-2-5-16(15)26-19(28)25-14-9-7-13(8-10-14)17-12-24-18-6-3-11-27(17)18/h1-2,4-5,7-10,12H,3,6,11H2,(H2,25,26,28). The zero-order chi connectivity index (χ0) is 19.7. The van der Waals surface area contributed by atoms with E-state index in [4.69, 9.17) is 0 Å². The number of benzene rings is 2. The van der Waals surface area contributed by atoms with Gasteiger partial charge in [-0.2, -0.15) is 13.2 Å². The van der Waals surface area contributed by atoms with Gasteiger partial charge in [0, 0.05) is 18.7 Å². The Labute approximate surface area is 159 Å². The number of imidazole rings is 1. The van der Waals surface area contributed by atoms with Crippen LogP contribution in [0.4, 0.5) is 29.3 Å². The summed E-state index contributed by atoms with van der Waals surface area (Å²) in [6.07, 6.45) is -0.663. The maximum atomic E-state index is 13.0. The Morgan fingerprint density at radius 2 is 1.79 bits per heavy atom. The number of aromatic nitrogens is 2. The average molecular weight is 386 g/mol. The number of aryl methyl sites for hydroxylation is 1. The van der Waals surface area contributed by atoms with Crippen LogP contribution in [0.3, 0.4) is 0 Å². The number of anilines is 2. The van der Waals surface area contributed by atoms with Crippen LogP contribution in [-0.2, 0) is 19.1 Å². The van der Waals surface area contributed by atoms with Gasteiger partial charge in [-0.25, -0.2) is 9.78 Å². The zero-order valence-electron chi connectivity index (χ0n) is 14.8. The molecule has 5 nitrogen and oxygen atoms in total. The van der Waals surface area contributed by atoms with Crippen molar-refractivity contribution in [2.75, 3.05) is 10.6 Å². The van der Waals surface area contributed by atoms with Gasteiger partial charge in [0.1, 0.15) is 5.82 Å². The van der Waals surface area contributed by atoms with Crippen LogP contribution in [0.2, 0.25) is 0 Å². The fourth-order valence-electron chi connectivity index (χ4n) is 3.34. The van der Waals surface area contributed by atoms with Gasteiger partial charge in [0.15, 0.2) is 0 Å². The quantitative estimate of drug-likeness (QED) is 0.653. The maximum Gasteiger partial charge on any atom is 0.418 e. The highest BCUT2D eigenvalue weighted by Crippen LogP contribution is 2.34. The molecule has 2 aromatic carbocycles. The number of carbonyl (C=O) groups is 1. The topological polar surface area (TPSA) is 59.0 Å². The summed E-state index contributed by atoms with van der Waals surface area (Å²) >= 11 is 0. The van der Waals surface area contributed by atoms with Gasteiger partial charge in [0.2, 0.25) is 0 Å². The predicted molar refractivity (Wildman–Crippen MR) is 100 cm³/mol. The second-order valence-electron chi connectivity index (χ2n) is 6.51. The van der Waals surface area contributed by atoms with Crippen LogP contribution < -0.4 is 10.6 Å². The monoisotopic (exact) mass is 386 g/mol. The highest BCUT2D eigenvalue weighted by atomic mass is 19.4. The van der Waals surface area contributed by atoms with Gasteiger partial charge in [0.05, 0.1) is 23.1 Å². The largest absolute Gasteiger partial charge is 0.418 e. The van der Waals surface area contributed by atoms with E-state index in [9.17, 15) is 18.0 Å². The average Bonchev–Trinajstić information content (AvgIpc) is 3.26. The van der Waals surface area contributed by atoms with Crippen LogP contribution >= 0.6 is 0 Å². The van der Waals surface area contributed by atoms with Gasteiger partial charge in [0.25, 0.3) is 0 Å². The summed E-state index contributed by atoms with van der Waals surface area (Å²) in [5.41, 5.74) is 1.28. The highest BCUT2D eigenvalue weighted by Gasteiger charge is 2.33. The van der Waals surface area contributed by atoms with Gasteiger partial charge in [-0.15, -0.1) is 0 Å². The summed E-state index contributed by atoms with van der Waals surface area (Å²) in [4.78, 5) is 16.5. The summed E-state index contributed by atoms with van der Waals surface area (Å²) in [6, 6.07) is 11.2. The molecule has 1 aliphatic heterocycles. The van der Waals surface area contributed by atoms with E-state index < -0.39 is 17.8 Å². The molecular formula is C20H17F3N4O. The Morgan fingerprint density at radius 3 is 2.54 bits per heavy atom. The van der Waals surface area contributed by atoms with Crippen molar-refractivity contribution in [2.45, 2.75) is 25.6 Å².